The van der Waals surface area contributed by atoms with Gasteiger partial charge in [0.15, 0.2) is 15.6 Å². The molecule has 2 rings (SSSR count). The van der Waals surface area contributed by atoms with Gasteiger partial charge in [0.25, 0.3) is 5.91 Å². The highest BCUT2D eigenvalue weighted by atomic mass is 32.2. The molecule has 0 heterocycles. The maximum atomic E-state index is 12.4. The van der Waals surface area contributed by atoms with Crippen LogP contribution in [0.4, 0.5) is 0 Å². The molecule has 9 nitrogen and oxygen atoms in total. The predicted molar refractivity (Wildman–Crippen MR) is 133 cm³/mol. The minimum Gasteiger partial charge on any atom is -0.377 e. The zero-order valence-electron chi connectivity index (χ0n) is 20.2. The Bertz CT molecular complexity index is 1110. The second-order valence-corrected chi connectivity index (χ2v) is 9.76. The number of hydrogen-bond donors (Lipinski definition) is 1. The van der Waals surface area contributed by atoms with Gasteiger partial charge in [-0.1, -0.05) is 35.7 Å². The Kier molecular flexibility index (Phi) is 12.8. The van der Waals surface area contributed by atoms with E-state index in [0.29, 0.717) is 44.1 Å². The average Bonchev–Trinajstić information content (AvgIpc) is 2.88. The van der Waals surface area contributed by atoms with E-state index in [2.05, 4.69) is 16.1 Å². The van der Waals surface area contributed by atoms with Crippen LogP contribution in [-0.2, 0) is 29.1 Å². The van der Waals surface area contributed by atoms with Crippen LogP contribution >= 0.6 is 0 Å². The van der Waals surface area contributed by atoms with Gasteiger partial charge in [0.05, 0.1) is 37.1 Å². The molecule has 0 radical (unpaired) electrons. The summed E-state index contributed by atoms with van der Waals surface area (Å²) in [5.74, 6) is 1.38. The Morgan fingerprint density at radius 1 is 0.861 bits per heavy atom. The van der Waals surface area contributed by atoms with Crippen LogP contribution in [0.5, 0.6) is 0 Å². The first-order valence-corrected chi connectivity index (χ1v) is 13.0. The highest BCUT2D eigenvalue weighted by Gasteiger charge is 2.17. The van der Waals surface area contributed by atoms with Crippen molar-refractivity contribution >= 4 is 21.5 Å². The second-order valence-electron chi connectivity index (χ2n) is 7.65. The number of ketones is 1. The van der Waals surface area contributed by atoms with Gasteiger partial charge < -0.3 is 14.8 Å². The van der Waals surface area contributed by atoms with E-state index < -0.39 is 9.84 Å². The molecule has 36 heavy (non-hydrogen) atoms. The normalized spacial score (nSPS) is 11.1. The lowest BCUT2D eigenvalue weighted by Crippen LogP contribution is -2.27. The molecular formula is C26H31NO8S. The third-order valence-corrected chi connectivity index (χ3v) is 6.62. The van der Waals surface area contributed by atoms with Gasteiger partial charge in [-0.05, 0) is 31.2 Å². The zero-order chi connectivity index (χ0) is 26.2. The summed E-state index contributed by atoms with van der Waals surface area (Å²) in [5.41, 5.74) is 1.69. The molecule has 0 unspecified atom stereocenters. The van der Waals surface area contributed by atoms with E-state index in [4.69, 9.17) is 20.8 Å². The molecule has 0 aliphatic rings. The number of amides is 1. The lowest BCUT2D eigenvalue weighted by atomic mass is 10.1. The standard InChI is InChI=1S/C26H31NO8S/c1-3-14-34-35-19-18-33-17-16-32-15-13-27-26(29)23-8-6-22(7-9-23)25(28)12-20-36(30,31)24-10-4-21(2)5-11-24/h1,4-11H,12-20H2,2H3,(H,27,29). The molecule has 2 aromatic carbocycles. The zero-order valence-corrected chi connectivity index (χ0v) is 21.1. The van der Waals surface area contributed by atoms with Crippen molar-refractivity contribution in [2.75, 3.05) is 51.9 Å². The Morgan fingerprint density at radius 3 is 2.14 bits per heavy atom. The first kappa shape index (κ1) is 29.2. The van der Waals surface area contributed by atoms with Crippen LogP contribution in [0.3, 0.4) is 0 Å². The SMILES string of the molecule is C#CCOOCCOCCOCCNC(=O)c1ccc(C(=O)CCS(=O)(=O)c2ccc(C)cc2)cc1. The van der Waals surface area contributed by atoms with Gasteiger partial charge in [0, 0.05) is 24.1 Å². The topological polar surface area (TPSA) is 117 Å². The van der Waals surface area contributed by atoms with Crippen molar-refractivity contribution in [1.82, 2.24) is 5.32 Å². The highest BCUT2D eigenvalue weighted by molar-refractivity contribution is 7.91. The fraction of sp³-hybridized carbons (Fsp3) is 0.385. The van der Waals surface area contributed by atoms with Gasteiger partial charge in [-0.15, -0.1) is 6.42 Å². The van der Waals surface area contributed by atoms with E-state index >= 15 is 0 Å². The van der Waals surface area contributed by atoms with Crippen molar-refractivity contribution in [3.8, 4) is 12.3 Å². The lowest BCUT2D eigenvalue weighted by molar-refractivity contribution is -0.289. The number of terminal acetylenes is 1. The van der Waals surface area contributed by atoms with Gasteiger partial charge in [-0.3, -0.25) is 9.59 Å². The Labute approximate surface area is 211 Å². The fourth-order valence-corrected chi connectivity index (χ4v) is 4.17. The third-order valence-electron chi connectivity index (χ3n) is 4.89. The monoisotopic (exact) mass is 517 g/mol. The predicted octanol–water partition coefficient (Wildman–Crippen LogP) is 2.39. The third kappa shape index (κ3) is 10.7. The summed E-state index contributed by atoms with van der Waals surface area (Å²) in [6.07, 6.45) is 4.86. The van der Waals surface area contributed by atoms with Crippen LogP contribution in [0.25, 0.3) is 0 Å². The summed E-state index contributed by atoms with van der Waals surface area (Å²) in [4.78, 5) is 34.3. The number of carbonyl (C=O) groups is 2. The number of aryl methyl sites for hydroxylation is 1. The number of Topliss-reactive ketones (excluding diaryl/α,β-unsaturated/α-hetero) is 1. The fourth-order valence-electron chi connectivity index (χ4n) is 2.93. The Hall–Kier alpha value is -3.07. The molecule has 0 aromatic heterocycles. The molecule has 0 atom stereocenters. The van der Waals surface area contributed by atoms with Crippen LogP contribution < -0.4 is 5.32 Å². The van der Waals surface area contributed by atoms with Crippen molar-refractivity contribution < 1.29 is 37.3 Å². The van der Waals surface area contributed by atoms with E-state index in [0.717, 1.165) is 5.56 Å². The summed E-state index contributed by atoms with van der Waals surface area (Å²) in [6.45, 7) is 3.89. The van der Waals surface area contributed by atoms with Gasteiger partial charge in [-0.25, -0.2) is 18.2 Å². The molecule has 0 fully saturated rings. The van der Waals surface area contributed by atoms with Crippen molar-refractivity contribution in [2.45, 2.75) is 18.2 Å². The first-order valence-electron chi connectivity index (χ1n) is 11.4. The Balaban J connectivity index is 1.64. The van der Waals surface area contributed by atoms with E-state index in [1.54, 1.807) is 12.1 Å². The molecule has 1 N–H and O–H groups in total. The minimum atomic E-state index is -3.55. The minimum absolute atomic E-state index is 0.0819. The highest BCUT2D eigenvalue weighted by Crippen LogP contribution is 2.15. The number of sulfone groups is 1. The lowest BCUT2D eigenvalue weighted by Gasteiger charge is -2.08. The number of hydrogen-bond acceptors (Lipinski definition) is 8. The molecule has 0 saturated heterocycles. The van der Waals surface area contributed by atoms with Gasteiger partial charge in [0.2, 0.25) is 0 Å². The molecule has 0 aliphatic heterocycles. The number of benzene rings is 2. The molecule has 0 saturated carbocycles. The molecule has 0 bridgehead atoms. The van der Waals surface area contributed by atoms with Crippen molar-refractivity contribution in [1.29, 1.82) is 0 Å². The molecule has 2 aromatic rings. The van der Waals surface area contributed by atoms with Crippen LogP contribution in [0.2, 0.25) is 0 Å². The molecule has 194 valence electrons. The van der Waals surface area contributed by atoms with E-state index in [1.807, 2.05) is 6.92 Å². The van der Waals surface area contributed by atoms with Gasteiger partial charge in [0.1, 0.15) is 13.2 Å². The largest absolute Gasteiger partial charge is 0.377 e. The summed E-state index contributed by atoms with van der Waals surface area (Å²) in [6, 6.07) is 12.6. The smallest absolute Gasteiger partial charge is 0.251 e. The number of carbonyl (C=O) groups excluding carboxylic acids is 2. The van der Waals surface area contributed by atoms with Gasteiger partial charge >= 0.3 is 0 Å². The Morgan fingerprint density at radius 2 is 1.47 bits per heavy atom. The van der Waals surface area contributed by atoms with E-state index in [1.165, 1.54) is 36.4 Å². The average molecular weight is 518 g/mol. The molecular weight excluding hydrogens is 486 g/mol. The number of ether oxygens (including phenoxy) is 2. The van der Waals surface area contributed by atoms with E-state index in [9.17, 15) is 18.0 Å². The van der Waals surface area contributed by atoms with Crippen LogP contribution in [0.15, 0.2) is 53.4 Å². The summed E-state index contributed by atoms with van der Waals surface area (Å²) >= 11 is 0. The molecule has 10 heteroatoms. The molecule has 1 amide bonds. The van der Waals surface area contributed by atoms with Crippen LogP contribution in [0.1, 0.15) is 32.7 Å². The van der Waals surface area contributed by atoms with Crippen molar-refractivity contribution in [3.05, 3.63) is 65.2 Å². The molecule has 0 aliphatic carbocycles. The maximum Gasteiger partial charge on any atom is 0.251 e. The first-order chi connectivity index (χ1) is 17.3. The maximum absolute atomic E-state index is 12.4. The van der Waals surface area contributed by atoms with Crippen molar-refractivity contribution in [2.24, 2.45) is 0 Å². The quantitative estimate of drug-likeness (QED) is 0.112. The number of nitrogens with one attached hydrogen (secondary N) is 1. The second kappa shape index (κ2) is 15.8. The van der Waals surface area contributed by atoms with Crippen LogP contribution in [0, 0.1) is 19.3 Å². The van der Waals surface area contributed by atoms with Crippen LogP contribution in [-0.4, -0.2) is 72.0 Å². The van der Waals surface area contributed by atoms with Gasteiger partial charge in [-0.2, -0.15) is 0 Å². The van der Waals surface area contributed by atoms with Crippen molar-refractivity contribution in [3.63, 3.8) is 0 Å². The summed E-state index contributed by atoms with van der Waals surface area (Å²) in [7, 11) is -3.55. The number of rotatable bonds is 17. The summed E-state index contributed by atoms with van der Waals surface area (Å²) < 4.78 is 35.5. The summed E-state index contributed by atoms with van der Waals surface area (Å²) in [5, 5.41) is 2.72. The van der Waals surface area contributed by atoms with E-state index in [-0.39, 0.29) is 42.0 Å². The molecule has 0 spiro atoms.